The van der Waals surface area contributed by atoms with Gasteiger partial charge in [0, 0.05) is 17.0 Å². The molecule has 3 nitrogen and oxygen atoms in total. The Morgan fingerprint density at radius 3 is 2.68 bits per heavy atom. The number of hydrogen-bond acceptors (Lipinski definition) is 3. The lowest BCUT2D eigenvalue weighted by Crippen LogP contribution is -2.01. The van der Waals surface area contributed by atoms with Gasteiger partial charge in [-0.05, 0) is 30.2 Å². The number of fused-ring (bicyclic) bond motifs is 1. The van der Waals surface area contributed by atoms with Crippen LogP contribution < -0.4 is 10.4 Å². The maximum atomic E-state index is 11.9. The third-order valence-electron chi connectivity index (χ3n) is 3.55. The van der Waals surface area contributed by atoms with Gasteiger partial charge >= 0.3 is 5.63 Å². The van der Waals surface area contributed by atoms with Crippen LogP contribution in [-0.4, -0.2) is 6.61 Å². The Kier molecular flexibility index (Phi) is 3.79. The molecule has 1 heterocycles. The minimum Gasteiger partial charge on any atom is -0.489 e. The highest BCUT2D eigenvalue weighted by molar-refractivity contribution is 5.95. The molecule has 0 aliphatic rings. The molecule has 0 aliphatic heterocycles. The molecular weight excluding hydrogens is 276 g/mol. The quantitative estimate of drug-likeness (QED) is 0.530. The number of ether oxygens (including phenoxy) is 1. The standard InChI is InChI=1S/C19H16O3/c1-3-11-21-17-10-9-15-16(14-7-5-4-6-8-14)12-18(20)22-19(15)13(17)2/h3-10,12H,1,11H2,2H3. The second-order valence-corrected chi connectivity index (χ2v) is 5.01. The van der Waals surface area contributed by atoms with Crippen LogP contribution in [-0.2, 0) is 0 Å². The fourth-order valence-electron chi connectivity index (χ4n) is 2.50. The largest absolute Gasteiger partial charge is 0.489 e. The van der Waals surface area contributed by atoms with Crippen LogP contribution in [0.1, 0.15) is 5.56 Å². The molecule has 0 unspecified atom stereocenters. The summed E-state index contributed by atoms with van der Waals surface area (Å²) in [4.78, 5) is 11.9. The van der Waals surface area contributed by atoms with E-state index in [1.807, 2.05) is 49.4 Å². The lowest BCUT2D eigenvalue weighted by Gasteiger charge is -2.11. The van der Waals surface area contributed by atoms with Crippen LogP contribution in [0, 0.1) is 6.92 Å². The molecular formula is C19H16O3. The third-order valence-corrected chi connectivity index (χ3v) is 3.55. The molecule has 2 aromatic carbocycles. The first-order chi connectivity index (χ1) is 10.7. The van der Waals surface area contributed by atoms with Gasteiger partial charge in [-0.1, -0.05) is 43.0 Å². The van der Waals surface area contributed by atoms with Crippen molar-refractivity contribution in [3.8, 4) is 16.9 Å². The predicted molar refractivity (Wildman–Crippen MR) is 88.3 cm³/mol. The van der Waals surface area contributed by atoms with E-state index in [4.69, 9.17) is 9.15 Å². The van der Waals surface area contributed by atoms with Crippen molar-refractivity contribution >= 4 is 11.0 Å². The minimum absolute atomic E-state index is 0.365. The van der Waals surface area contributed by atoms with E-state index < -0.39 is 0 Å². The van der Waals surface area contributed by atoms with Crippen molar-refractivity contribution in [3.05, 3.63) is 77.2 Å². The average Bonchev–Trinajstić information content (AvgIpc) is 2.55. The van der Waals surface area contributed by atoms with Crippen LogP contribution in [0.2, 0.25) is 0 Å². The van der Waals surface area contributed by atoms with E-state index in [1.54, 1.807) is 6.08 Å². The molecule has 0 fully saturated rings. The molecule has 0 saturated carbocycles. The van der Waals surface area contributed by atoms with Crippen LogP contribution in [0.5, 0.6) is 5.75 Å². The van der Waals surface area contributed by atoms with E-state index in [0.717, 1.165) is 22.1 Å². The Balaban J connectivity index is 2.25. The van der Waals surface area contributed by atoms with Crippen LogP contribution in [0.25, 0.3) is 22.1 Å². The molecule has 0 atom stereocenters. The van der Waals surface area contributed by atoms with Gasteiger partial charge in [0.2, 0.25) is 0 Å². The normalized spacial score (nSPS) is 10.6. The highest BCUT2D eigenvalue weighted by Crippen LogP contribution is 2.32. The zero-order chi connectivity index (χ0) is 15.5. The summed E-state index contributed by atoms with van der Waals surface area (Å²) in [6.45, 7) is 5.94. The molecule has 110 valence electrons. The van der Waals surface area contributed by atoms with E-state index in [0.29, 0.717) is 17.9 Å². The van der Waals surface area contributed by atoms with Crippen molar-refractivity contribution in [1.82, 2.24) is 0 Å². The molecule has 0 N–H and O–H groups in total. The molecule has 3 heteroatoms. The van der Waals surface area contributed by atoms with Crippen molar-refractivity contribution in [2.75, 3.05) is 6.61 Å². The Hall–Kier alpha value is -2.81. The molecule has 0 amide bonds. The fraction of sp³-hybridized carbons (Fsp3) is 0.105. The summed E-state index contributed by atoms with van der Waals surface area (Å²) in [5.74, 6) is 0.695. The maximum Gasteiger partial charge on any atom is 0.336 e. The van der Waals surface area contributed by atoms with Gasteiger partial charge in [0.15, 0.2) is 0 Å². The first-order valence-corrected chi connectivity index (χ1v) is 7.07. The fourth-order valence-corrected chi connectivity index (χ4v) is 2.50. The molecule has 0 bridgehead atoms. The van der Waals surface area contributed by atoms with E-state index in [-0.39, 0.29) is 5.63 Å². The van der Waals surface area contributed by atoms with E-state index in [2.05, 4.69) is 6.58 Å². The molecule has 0 radical (unpaired) electrons. The Bertz CT molecular complexity index is 876. The van der Waals surface area contributed by atoms with Gasteiger partial charge in [-0.25, -0.2) is 4.79 Å². The molecule has 0 spiro atoms. The monoisotopic (exact) mass is 292 g/mol. The van der Waals surface area contributed by atoms with Gasteiger partial charge in [0.1, 0.15) is 17.9 Å². The van der Waals surface area contributed by atoms with E-state index >= 15 is 0 Å². The van der Waals surface area contributed by atoms with E-state index in [9.17, 15) is 4.79 Å². The zero-order valence-corrected chi connectivity index (χ0v) is 12.3. The minimum atomic E-state index is -0.365. The molecule has 0 saturated heterocycles. The maximum absolute atomic E-state index is 11.9. The van der Waals surface area contributed by atoms with Gasteiger partial charge in [0.25, 0.3) is 0 Å². The average molecular weight is 292 g/mol. The molecule has 0 aliphatic carbocycles. The predicted octanol–water partition coefficient (Wildman–Crippen LogP) is 4.33. The summed E-state index contributed by atoms with van der Waals surface area (Å²) in [5, 5.41) is 0.897. The number of benzene rings is 2. The lowest BCUT2D eigenvalue weighted by molar-refractivity contribution is 0.360. The number of hydrogen-bond donors (Lipinski definition) is 0. The van der Waals surface area contributed by atoms with Gasteiger partial charge in [0.05, 0.1) is 0 Å². The van der Waals surface area contributed by atoms with Crippen molar-refractivity contribution < 1.29 is 9.15 Å². The van der Waals surface area contributed by atoms with Crippen molar-refractivity contribution in [2.24, 2.45) is 0 Å². The zero-order valence-electron chi connectivity index (χ0n) is 12.3. The van der Waals surface area contributed by atoms with Crippen LogP contribution >= 0.6 is 0 Å². The summed E-state index contributed by atoms with van der Waals surface area (Å²) in [6, 6.07) is 15.1. The molecule has 3 aromatic rings. The molecule has 1 aromatic heterocycles. The second kappa shape index (κ2) is 5.90. The van der Waals surface area contributed by atoms with Crippen molar-refractivity contribution in [2.45, 2.75) is 6.92 Å². The number of aryl methyl sites for hydroxylation is 1. The number of rotatable bonds is 4. The highest BCUT2D eigenvalue weighted by Gasteiger charge is 2.12. The Morgan fingerprint density at radius 1 is 1.18 bits per heavy atom. The van der Waals surface area contributed by atoms with Crippen molar-refractivity contribution in [3.63, 3.8) is 0 Å². The van der Waals surface area contributed by atoms with E-state index in [1.165, 1.54) is 6.07 Å². The summed E-state index contributed by atoms with van der Waals surface area (Å²) in [6.07, 6.45) is 1.68. The second-order valence-electron chi connectivity index (χ2n) is 5.01. The van der Waals surface area contributed by atoms with Crippen LogP contribution in [0.3, 0.4) is 0 Å². The first-order valence-electron chi connectivity index (χ1n) is 7.07. The SMILES string of the molecule is C=CCOc1ccc2c(-c3ccccc3)cc(=O)oc2c1C. The summed E-state index contributed by atoms with van der Waals surface area (Å²) >= 11 is 0. The van der Waals surface area contributed by atoms with Gasteiger partial charge in [-0.15, -0.1) is 0 Å². The lowest BCUT2D eigenvalue weighted by atomic mass is 10.0. The topological polar surface area (TPSA) is 39.4 Å². The highest BCUT2D eigenvalue weighted by atomic mass is 16.5. The summed E-state index contributed by atoms with van der Waals surface area (Å²) in [5.41, 5.74) is 2.86. The van der Waals surface area contributed by atoms with Gasteiger partial charge < -0.3 is 9.15 Å². The Labute approximate surface area is 128 Å². The van der Waals surface area contributed by atoms with Gasteiger partial charge in [-0.2, -0.15) is 0 Å². The van der Waals surface area contributed by atoms with Gasteiger partial charge in [-0.3, -0.25) is 0 Å². The summed E-state index contributed by atoms with van der Waals surface area (Å²) in [7, 11) is 0. The third kappa shape index (κ3) is 2.53. The Morgan fingerprint density at radius 2 is 1.95 bits per heavy atom. The van der Waals surface area contributed by atoms with Crippen LogP contribution in [0.15, 0.2) is 70.4 Å². The summed E-state index contributed by atoms with van der Waals surface area (Å²) < 4.78 is 11.0. The van der Waals surface area contributed by atoms with Crippen LogP contribution in [0.4, 0.5) is 0 Å². The van der Waals surface area contributed by atoms with Crippen molar-refractivity contribution in [1.29, 1.82) is 0 Å². The first kappa shape index (κ1) is 14.1. The molecule has 22 heavy (non-hydrogen) atoms. The smallest absolute Gasteiger partial charge is 0.336 e. The molecule has 3 rings (SSSR count).